The van der Waals surface area contributed by atoms with Gasteiger partial charge in [0.2, 0.25) is 0 Å². The number of hydrogen-bond donors (Lipinski definition) is 2. The van der Waals surface area contributed by atoms with Crippen LogP contribution in [0.3, 0.4) is 0 Å². The van der Waals surface area contributed by atoms with Crippen molar-refractivity contribution >= 4 is 15.9 Å². The highest BCUT2D eigenvalue weighted by Gasteiger charge is 2.17. The smallest absolute Gasteiger partial charge is 0.124 e. The van der Waals surface area contributed by atoms with Crippen molar-refractivity contribution in [1.29, 1.82) is 0 Å². The predicted molar refractivity (Wildman–Crippen MR) is 118 cm³/mol. The molecule has 4 rings (SSSR count). The maximum atomic E-state index is 6.15. The van der Waals surface area contributed by atoms with E-state index in [1.807, 2.05) is 18.3 Å². The summed E-state index contributed by atoms with van der Waals surface area (Å²) in [6.07, 6.45) is 2.97. The van der Waals surface area contributed by atoms with Crippen molar-refractivity contribution < 1.29 is 9.47 Å². The summed E-state index contributed by atoms with van der Waals surface area (Å²) in [6, 6.07) is 14.6. The summed E-state index contributed by atoms with van der Waals surface area (Å²) in [6.45, 7) is 5.93. The van der Waals surface area contributed by atoms with E-state index in [1.54, 1.807) is 0 Å². The van der Waals surface area contributed by atoms with Crippen molar-refractivity contribution in [3.8, 4) is 17.0 Å². The van der Waals surface area contributed by atoms with Gasteiger partial charge in [0, 0.05) is 41.2 Å². The van der Waals surface area contributed by atoms with Crippen molar-refractivity contribution in [2.75, 3.05) is 19.8 Å². The molecule has 1 aliphatic rings. The van der Waals surface area contributed by atoms with E-state index < -0.39 is 0 Å². The van der Waals surface area contributed by atoms with Crippen LogP contribution in [0.1, 0.15) is 23.1 Å². The first-order chi connectivity index (χ1) is 14.2. The second kappa shape index (κ2) is 9.57. The van der Waals surface area contributed by atoms with E-state index in [1.165, 1.54) is 11.1 Å². The average molecular weight is 456 g/mol. The molecule has 1 unspecified atom stereocenters. The molecule has 0 aliphatic carbocycles. The zero-order valence-electron chi connectivity index (χ0n) is 16.6. The summed E-state index contributed by atoms with van der Waals surface area (Å²) < 4.78 is 12.7. The Labute approximate surface area is 180 Å². The fourth-order valence-corrected chi connectivity index (χ4v) is 3.77. The van der Waals surface area contributed by atoms with Crippen molar-refractivity contribution in [2.24, 2.45) is 5.92 Å². The van der Waals surface area contributed by atoms with Crippen LogP contribution in [0.2, 0.25) is 0 Å². The fraction of sp³-hybridized carbons (Fsp3) is 0.348. The normalized spacial score (nSPS) is 16.3. The van der Waals surface area contributed by atoms with Crippen molar-refractivity contribution in [1.82, 2.24) is 15.5 Å². The van der Waals surface area contributed by atoms with Crippen LogP contribution in [-0.2, 0) is 17.8 Å². The number of aryl methyl sites for hydroxylation is 1. The molecule has 0 bridgehead atoms. The highest BCUT2D eigenvalue weighted by atomic mass is 79.9. The quantitative estimate of drug-likeness (QED) is 0.509. The van der Waals surface area contributed by atoms with E-state index >= 15 is 0 Å². The van der Waals surface area contributed by atoms with Crippen LogP contribution >= 0.6 is 15.9 Å². The van der Waals surface area contributed by atoms with Crippen molar-refractivity contribution in [3.63, 3.8) is 0 Å². The van der Waals surface area contributed by atoms with Crippen LogP contribution in [0.25, 0.3) is 11.3 Å². The molecule has 152 valence electrons. The second-order valence-electron chi connectivity index (χ2n) is 7.53. The Morgan fingerprint density at radius 2 is 2.00 bits per heavy atom. The van der Waals surface area contributed by atoms with E-state index in [2.05, 4.69) is 68.7 Å². The molecule has 1 aromatic heterocycles. The van der Waals surface area contributed by atoms with Crippen molar-refractivity contribution in [3.05, 3.63) is 69.8 Å². The Hall–Kier alpha value is -2.15. The first kappa shape index (κ1) is 20.1. The van der Waals surface area contributed by atoms with Gasteiger partial charge in [0.25, 0.3) is 0 Å². The molecule has 1 fully saturated rings. The molecule has 0 spiro atoms. The number of benzene rings is 2. The van der Waals surface area contributed by atoms with Crippen LogP contribution in [0.15, 0.2) is 53.1 Å². The molecule has 2 heterocycles. The SMILES string of the molecule is Cc1ccc(CNCc2cn[nH]c2-c2ccc(Br)cc2)c(OCC2CCOC2)c1. The maximum absolute atomic E-state index is 6.15. The van der Waals surface area contributed by atoms with Gasteiger partial charge in [-0.05, 0) is 42.7 Å². The molecule has 0 saturated carbocycles. The van der Waals surface area contributed by atoms with Crippen LogP contribution in [0.4, 0.5) is 0 Å². The molecule has 2 aromatic carbocycles. The third kappa shape index (κ3) is 5.26. The molecule has 6 heteroatoms. The standard InChI is InChI=1S/C23H26BrN3O2/c1-16-2-3-19(22(10-16)29-15-17-8-9-28-14-17)11-25-12-20-13-26-27-23(20)18-4-6-21(24)7-5-18/h2-7,10,13,17,25H,8-9,11-12,14-15H2,1H3,(H,26,27). The molecule has 5 nitrogen and oxygen atoms in total. The molecule has 3 aromatic rings. The summed E-state index contributed by atoms with van der Waals surface area (Å²) >= 11 is 3.48. The second-order valence-corrected chi connectivity index (χ2v) is 8.45. The summed E-state index contributed by atoms with van der Waals surface area (Å²) in [5.41, 5.74) is 5.69. The van der Waals surface area contributed by atoms with Gasteiger partial charge in [0.15, 0.2) is 0 Å². The zero-order chi connectivity index (χ0) is 20.1. The summed E-state index contributed by atoms with van der Waals surface area (Å²) in [5, 5.41) is 10.9. The predicted octanol–water partition coefficient (Wildman–Crippen LogP) is 4.85. The molecule has 2 N–H and O–H groups in total. The van der Waals surface area contributed by atoms with Gasteiger partial charge in [-0.15, -0.1) is 0 Å². The van der Waals surface area contributed by atoms with Crippen LogP contribution in [0.5, 0.6) is 5.75 Å². The van der Waals surface area contributed by atoms with Gasteiger partial charge in [-0.1, -0.05) is 40.2 Å². The third-order valence-electron chi connectivity index (χ3n) is 5.20. The van der Waals surface area contributed by atoms with Crippen LogP contribution in [-0.4, -0.2) is 30.0 Å². The molecular formula is C23H26BrN3O2. The summed E-state index contributed by atoms with van der Waals surface area (Å²) in [5.74, 6) is 1.46. The Balaban J connectivity index is 1.38. The monoisotopic (exact) mass is 455 g/mol. The molecule has 0 amide bonds. The number of hydrogen-bond acceptors (Lipinski definition) is 4. The minimum Gasteiger partial charge on any atom is -0.493 e. The Bertz CT molecular complexity index is 934. The van der Waals surface area contributed by atoms with Gasteiger partial charge < -0.3 is 14.8 Å². The number of nitrogens with zero attached hydrogens (tertiary/aromatic N) is 1. The number of aromatic nitrogens is 2. The van der Waals surface area contributed by atoms with Gasteiger partial charge in [0.05, 0.1) is 25.1 Å². The van der Waals surface area contributed by atoms with E-state index in [4.69, 9.17) is 9.47 Å². The lowest BCUT2D eigenvalue weighted by Crippen LogP contribution is -2.16. The van der Waals surface area contributed by atoms with Gasteiger partial charge in [0.1, 0.15) is 5.75 Å². The highest BCUT2D eigenvalue weighted by molar-refractivity contribution is 9.10. The molecule has 1 atom stereocenters. The Kier molecular flexibility index (Phi) is 6.64. The highest BCUT2D eigenvalue weighted by Crippen LogP contribution is 2.25. The largest absolute Gasteiger partial charge is 0.493 e. The van der Waals surface area contributed by atoms with Crippen LogP contribution < -0.4 is 10.1 Å². The number of halogens is 1. The minimum absolute atomic E-state index is 0.496. The lowest BCUT2D eigenvalue weighted by Gasteiger charge is -2.15. The van der Waals surface area contributed by atoms with E-state index in [9.17, 15) is 0 Å². The number of H-pyrrole nitrogens is 1. The lowest BCUT2D eigenvalue weighted by molar-refractivity contribution is 0.166. The van der Waals surface area contributed by atoms with E-state index in [-0.39, 0.29) is 0 Å². The summed E-state index contributed by atoms with van der Waals surface area (Å²) in [4.78, 5) is 0. The average Bonchev–Trinajstić information content (AvgIpc) is 3.40. The Morgan fingerprint density at radius 1 is 1.17 bits per heavy atom. The maximum Gasteiger partial charge on any atom is 0.124 e. The number of rotatable bonds is 8. The van der Waals surface area contributed by atoms with Crippen molar-refractivity contribution in [2.45, 2.75) is 26.4 Å². The fourth-order valence-electron chi connectivity index (χ4n) is 3.51. The first-order valence-electron chi connectivity index (χ1n) is 9.98. The van der Waals surface area contributed by atoms with Gasteiger partial charge >= 0.3 is 0 Å². The van der Waals surface area contributed by atoms with E-state index in [0.717, 1.165) is 59.8 Å². The number of ether oxygens (including phenoxy) is 2. The van der Waals surface area contributed by atoms with Gasteiger partial charge in [-0.25, -0.2) is 0 Å². The molecule has 0 radical (unpaired) electrons. The first-order valence-corrected chi connectivity index (χ1v) is 10.8. The van der Waals surface area contributed by atoms with Gasteiger partial charge in [-0.2, -0.15) is 5.10 Å². The Morgan fingerprint density at radius 3 is 2.79 bits per heavy atom. The molecular weight excluding hydrogens is 430 g/mol. The number of nitrogens with one attached hydrogen (secondary N) is 2. The third-order valence-corrected chi connectivity index (χ3v) is 5.73. The van der Waals surface area contributed by atoms with Crippen LogP contribution in [0, 0.1) is 12.8 Å². The lowest BCUT2D eigenvalue weighted by atomic mass is 10.1. The minimum atomic E-state index is 0.496. The molecule has 1 saturated heterocycles. The topological polar surface area (TPSA) is 59.2 Å². The van der Waals surface area contributed by atoms with Gasteiger partial charge in [-0.3, -0.25) is 5.10 Å². The zero-order valence-corrected chi connectivity index (χ0v) is 18.2. The molecule has 1 aliphatic heterocycles. The summed E-state index contributed by atoms with van der Waals surface area (Å²) in [7, 11) is 0. The number of aromatic amines is 1. The van der Waals surface area contributed by atoms with E-state index in [0.29, 0.717) is 12.5 Å². The molecule has 29 heavy (non-hydrogen) atoms.